The Morgan fingerprint density at radius 1 is 1.11 bits per heavy atom. The van der Waals surface area contributed by atoms with E-state index in [9.17, 15) is 4.39 Å². The Labute approximate surface area is 129 Å². The minimum Gasteiger partial charge on any atom is -0.378 e. The zero-order chi connectivity index (χ0) is 13.1. The highest BCUT2D eigenvalue weighted by atomic mass is 79.9. The maximum absolute atomic E-state index is 12.9. The number of benzene rings is 1. The van der Waals surface area contributed by atoms with Crippen LogP contribution in [0.4, 0.5) is 10.1 Å². The van der Waals surface area contributed by atoms with E-state index >= 15 is 0 Å². The minimum absolute atomic E-state index is 0.268. The first-order valence-corrected chi connectivity index (χ1v) is 7.43. The molecule has 1 heterocycles. The van der Waals surface area contributed by atoms with Crippen LogP contribution in [-0.4, -0.2) is 4.98 Å². The molecule has 6 heteroatoms. The Balaban J connectivity index is 2.11. The highest BCUT2D eigenvalue weighted by Crippen LogP contribution is 2.25. The van der Waals surface area contributed by atoms with Crippen LogP contribution in [-0.2, 0) is 6.54 Å². The highest BCUT2D eigenvalue weighted by molar-refractivity contribution is 9.11. The van der Waals surface area contributed by atoms with Gasteiger partial charge in [0.1, 0.15) is 5.82 Å². The number of nitrogens with zero attached hydrogens (tertiary/aromatic N) is 1. The van der Waals surface area contributed by atoms with Crippen LogP contribution in [0.5, 0.6) is 0 Å². The smallest absolute Gasteiger partial charge is 0.124 e. The summed E-state index contributed by atoms with van der Waals surface area (Å²) >= 11 is 10.1. The van der Waals surface area contributed by atoms with E-state index in [4.69, 9.17) is 0 Å². The van der Waals surface area contributed by atoms with E-state index in [1.54, 1.807) is 12.3 Å². The highest BCUT2D eigenvalue weighted by Gasteiger charge is 2.05. The molecule has 1 aromatic carbocycles. The third-order valence-corrected chi connectivity index (χ3v) is 4.04. The molecule has 0 unspecified atom stereocenters. The number of nitrogens with one attached hydrogen (secondary N) is 1. The van der Waals surface area contributed by atoms with E-state index in [-0.39, 0.29) is 5.82 Å². The standard InChI is InChI=1S/C12H8Br3FN2/c13-7-3-9(14)12(17-5-7)6-18-11-2-1-8(16)4-10(11)15/h1-5,18H,6H2. The largest absolute Gasteiger partial charge is 0.378 e. The second kappa shape index (κ2) is 6.12. The first-order chi connectivity index (χ1) is 8.56. The molecule has 0 spiro atoms. The average Bonchev–Trinajstić information content (AvgIpc) is 2.30. The van der Waals surface area contributed by atoms with Crippen LogP contribution in [0.2, 0.25) is 0 Å². The van der Waals surface area contributed by atoms with E-state index in [0.717, 1.165) is 20.3 Å². The summed E-state index contributed by atoms with van der Waals surface area (Å²) in [6.45, 7) is 0.554. The van der Waals surface area contributed by atoms with Crippen LogP contribution in [0.3, 0.4) is 0 Å². The summed E-state index contributed by atoms with van der Waals surface area (Å²) in [5, 5.41) is 3.20. The van der Waals surface area contributed by atoms with Gasteiger partial charge >= 0.3 is 0 Å². The number of rotatable bonds is 3. The zero-order valence-corrected chi connectivity index (χ0v) is 13.8. The van der Waals surface area contributed by atoms with E-state index in [1.807, 2.05) is 6.07 Å². The summed E-state index contributed by atoms with van der Waals surface area (Å²) in [4.78, 5) is 4.29. The van der Waals surface area contributed by atoms with Gasteiger partial charge in [0.15, 0.2) is 0 Å². The normalized spacial score (nSPS) is 10.4. The molecule has 18 heavy (non-hydrogen) atoms. The van der Waals surface area contributed by atoms with E-state index < -0.39 is 0 Å². The van der Waals surface area contributed by atoms with Gasteiger partial charge in [-0.25, -0.2) is 4.39 Å². The SMILES string of the molecule is Fc1ccc(NCc2ncc(Br)cc2Br)c(Br)c1. The summed E-state index contributed by atoms with van der Waals surface area (Å²) in [7, 11) is 0. The lowest BCUT2D eigenvalue weighted by molar-refractivity contribution is 0.627. The van der Waals surface area contributed by atoms with Crippen molar-refractivity contribution in [3.63, 3.8) is 0 Å². The Kier molecular flexibility index (Phi) is 4.75. The molecular formula is C12H8Br3FN2. The summed E-state index contributed by atoms with van der Waals surface area (Å²) in [6.07, 6.45) is 1.74. The Morgan fingerprint density at radius 2 is 1.89 bits per heavy atom. The predicted molar refractivity (Wildman–Crippen MR) is 81.1 cm³/mol. The fourth-order valence-electron chi connectivity index (χ4n) is 1.38. The fraction of sp³-hybridized carbons (Fsp3) is 0.0833. The van der Waals surface area contributed by atoms with Gasteiger partial charge < -0.3 is 5.32 Å². The van der Waals surface area contributed by atoms with Gasteiger partial charge in [0.2, 0.25) is 0 Å². The molecule has 0 aliphatic carbocycles. The van der Waals surface area contributed by atoms with Gasteiger partial charge in [0, 0.05) is 25.3 Å². The molecule has 1 N–H and O–H groups in total. The van der Waals surface area contributed by atoms with Crippen molar-refractivity contribution >= 4 is 53.5 Å². The van der Waals surface area contributed by atoms with Crippen molar-refractivity contribution in [3.05, 3.63) is 55.4 Å². The van der Waals surface area contributed by atoms with Crippen molar-refractivity contribution in [2.75, 3.05) is 5.32 Å². The van der Waals surface area contributed by atoms with Crippen LogP contribution in [0.15, 0.2) is 43.9 Å². The lowest BCUT2D eigenvalue weighted by Crippen LogP contribution is -2.03. The first-order valence-electron chi connectivity index (χ1n) is 5.05. The average molecular weight is 439 g/mol. The molecule has 0 aliphatic heterocycles. The van der Waals surface area contributed by atoms with Gasteiger partial charge in [-0.15, -0.1) is 0 Å². The van der Waals surface area contributed by atoms with Gasteiger partial charge in [0.05, 0.1) is 12.2 Å². The minimum atomic E-state index is -0.268. The summed E-state index contributed by atoms with van der Waals surface area (Å²) < 4.78 is 15.5. The molecule has 0 amide bonds. The molecule has 2 nitrogen and oxygen atoms in total. The molecule has 0 saturated carbocycles. The Morgan fingerprint density at radius 3 is 2.56 bits per heavy atom. The molecule has 0 fully saturated rings. The van der Waals surface area contributed by atoms with Crippen molar-refractivity contribution in [2.24, 2.45) is 0 Å². The quantitative estimate of drug-likeness (QED) is 0.719. The van der Waals surface area contributed by atoms with Crippen molar-refractivity contribution in [1.82, 2.24) is 4.98 Å². The van der Waals surface area contributed by atoms with Gasteiger partial charge in [-0.2, -0.15) is 0 Å². The molecule has 0 radical (unpaired) electrons. The summed E-state index contributed by atoms with van der Waals surface area (Å²) in [5.74, 6) is -0.268. The Hall–Kier alpha value is -0.460. The third-order valence-electron chi connectivity index (χ3n) is 2.26. The maximum atomic E-state index is 12.9. The molecule has 0 aliphatic rings. The van der Waals surface area contributed by atoms with Crippen LogP contribution < -0.4 is 5.32 Å². The maximum Gasteiger partial charge on any atom is 0.124 e. The Bertz CT molecular complexity index is 524. The molecule has 0 saturated heterocycles. The number of hydrogen-bond donors (Lipinski definition) is 1. The van der Waals surface area contributed by atoms with Gasteiger partial charge in [-0.1, -0.05) is 0 Å². The fourth-order valence-corrected chi connectivity index (χ4v) is 3.00. The summed E-state index contributed by atoms with van der Waals surface area (Å²) in [5.41, 5.74) is 1.71. The van der Waals surface area contributed by atoms with Crippen molar-refractivity contribution < 1.29 is 4.39 Å². The molecule has 0 atom stereocenters. The number of pyridine rings is 1. The van der Waals surface area contributed by atoms with Crippen molar-refractivity contribution in [2.45, 2.75) is 6.54 Å². The molecular weight excluding hydrogens is 431 g/mol. The number of anilines is 1. The second-order valence-electron chi connectivity index (χ2n) is 3.56. The number of hydrogen-bond acceptors (Lipinski definition) is 2. The number of halogens is 4. The van der Waals surface area contributed by atoms with Crippen LogP contribution in [0.1, 0.15) is 5.69 Å². The number of aromatic nitrogens is 1. The molecule has 94 valence electrons. The first kappa shape index (κ1) is 14.0. The van der Waals surface area contributed by atoms with E-state index in [0.29, 0.717) is 11.0 Å². The van der Waals surface area contributed by atoms with E-state index in [2.05, 4.69) is 58.1 Å². The topological polar surface area (TPSA) is 24.9 Å². The molecule has 2 rings (SSSR count). The molecule has 0 bridgehead atoms. The second-order valence-corrected chi connectivity index (χ2v) is 6.18. The van der Waals surface area contributed by atoms with Crippen LogP contribution >= 0.6 is 47.8 Å². The van der Waals surface area contributed by atoms with Gasteiger partial charge in [-0.3, -0.25) is 4.98 Å². The van der Waals surface area contributed by atoms with Gasteiger partial charge in [0.25, 0.3) is 0 Å². The van der Waals surface area contributed by atoms with Gasteiger partial charge in [-0.05, 0) is 72.1 Å². The summed E-state index contributed by atoms with van der Waals surface area (Å²) in [6, 6.07) is 6.46. The lowest BCUT2D eigenvalue weighted by atomic mass is 10.3. The third kappa shape index (κ3) is 3.52. The van der Waals surface area contributed by atoms with Crippen molar-refractivity contribution in [1.29, 1.82) is 0 Å². The lowest BCUT2D eigenvalue weighted by Gasteiger charge is -2.09. The monoisotopic (exact) mass is 436 g/mol. The zero-order valence-electron chi connectivity index (χ0n) is 9.05. The molecule has 2 aromatic rings. The molecule has 1 aromatic heterocycles. The predicted octanol–water partition coefficient (Wildman–Crippen LogP) is 5.12. The van der Waals surface area contributed by atoms with Crippen LogP contribution in [0.25, 0.3) is 0 Å². The van der Waals surface area contributed by atoms with E-state index in [1.165, 1.54) is 12.1 Å². The van der Waals surface area contributed by atoms with Crippen molar-refractivity contribution in [3.8, 4) is 0 Å². The van der Waals surface area contributed by atoms with Crippen LogP contribution in [0, 0.1) is 5.82 Å².